The Morgan fingerprint density at radius 1 is 0.913 bits per heavy atom. The molecule has 2 heterocycles. The number of para-hydroxylation sites is 1. The van der Waals surface area contributed by atoms with Crippen molar-refractivity contribution in [2.45, 2.75) is 38.9 Å². The summed E-state index contributed by atoms with van der Waals surface area (Å²) >= 11 is 6.75. The van der Waals surface area contributed by atoms with Crippen molar-refractivity contribution in [1.29, 1.82) is 0 Å². The lowest BCUT2D eigenvalue weighted by Crippen LogP contribution is -2.41. The van der Waals surface area contributed by atoms with E-state index in [-0.39, 0.29) is 11.2 Å². The SMILES string of the molecule is CC1(C)OB(c2ccc3[nH]c4ccccc4c3c2Cl)OC1(C)C. The molecule has 0 spiro atoms. The second kappa shape index (κ2) is 4.76. The van der Waals surface area contributed by atoms with E-state index in [9.17, 15) is 0 Å². The van der Waals surface area contributed by atoms with Gasteiger partial charge in [0.25, 0.3) is 0 Å². The van der Waals surface area contributed by atoms with Crippen molar-refractivity contribution >= 4 is 46.0 Å². The Morgan fingerprint density at radius 2 is 1.57 bits per heavy atom. The minimum absolute atomic E-state index is 0.379. The van der Waals surface area contributed by atoms with Gasteiger partial charge in [-0.1, -0.05) is 35.9 Å². The lowest BCUT2D eigenvalue weighted by Gasteiger charge is -2.32. The van der Waals surface area contributed by atoms with E-state index in [0.29, 0.717) is 5.02 Å². The van der Waals surface area contributed by atoms with Crippen molar-refractivity contribution in [1.82, 2.24) is 4.98 Å². The molecule has 1 aromatic heterocycles. The maximum Gasteiger partial charge on any atom is 0.496 e. The molecule has 5 heteroatoms. The fourth-order valence-electron chi connectivity index (χ4n) is 3.07. The van der Waals surface area contributed by atoms with Gasteiger partial charge in [-0.3, -0.25) is 0 Å². The van der Waals surface area contributed by atoms with E-state index in [4.69, 9.17) is 20.9 Å². The molecule has 118 valence electrons. The van der Waals surface area contributed by atoms with Crippen LogP contribution in [-0.2, 0) is 9.31 Å². The molecular weight excluding hydrogens is 308 g/mol. The summed E-state index contributed by atoms with van der Waals surface area (Å²) in [6.45, 7) is 8.19. The van der Waals surface area contributed by atoms with E-state index in [1.54, 1.807) is 0 Å². The van der Waals surface area contributed by atoms with E-state index >= 15 is 0 Å². The minimum atomic E-state index is -0.453. The van der Waals surface area contributed by atoms with Gasteiger partial charge >= 0.3 is 7.12 Å². The maximum absolute atomic E-state index is 6.75. The highest BCUT2D eigenvalue weighted by atomic mass is 35.5. The molecule has 4 rings (SSSR count). The first kappa shape index (κ1) is 15.1. The fraction of sp³-hybridized carbons (Fsp3) is 0.333. The number of fused-ring (bicyclic) bond motifs is 3. The molecule has 0 bridgehead atoms. The maximum atomic E-state index is 6.75. The molecule has 0 amide bonds. The first-order valence-electron chi connectivity index (χ1n) is 7.85. The molecule has 0 radical (unpaired) electrons. The fourth-order valence-corrected chi connectivity index (χ4v) is 3.42. The van der Waals surface area contributed by atoms with Crippen molar-refractivity contribution in [3.63, 3.8) is 0 Å². The summed E-state index contributed by atoms with van der Waals surface area (Å²) in [5, 5.41) is 2.83. The summed E-state index contributed by atoms with van der Waals surface area (Å²) < 4.78 is 12.3. The van der Waals surface area contributed by atoms with Crippen molar-refractivity contribution in [2.24, 2.45) is 0 Å². The molecule has 0 aliphatic carbocycles. The second-order valence-electron chi connectivity index (χ2n) is 7.15. The molecule has 1 aliphatic heterocycles. The molecule has 23 heavy (non-hydrogen) atoms. The van der Waals surface area contributed by atoms with Gasteiger partial charge in [0, 0.05) is 27.3 Å². The number of hydrogen-bond donors (Lipinski definition) is 1. The first-order chi connectivity index (χ1) is 10.8. The third kappa shape index (κ3) is 2.13. The van der Waals surface area contributed by atoms with E-state index in [0.717, 1.165) is 27.3 Å². The number of rotatable bonds is 1. The topological polar surface area (TPSA) is 34.2 Å². The van der Waals surface area contributed by atoms with Crippen molar-refractivity contribution in [2.75, 3.05) is 0 Å². The highest BCUT2D eigenvalue weighted by molar-refractivity contribution is 6.67. The van der Waals surface area contributed by atoms with Gasteiger partial charge in [0.05, 0.1) is 16.2 Å². The van der Waals surface area contributed by atoms with Gasteiger partial charge < -0.3 is 14.3 Å². The summed E-state index contributed by atoms with van der Waals surface area (Å²) in [5.74, 6) is 0. The van der Waals surface area contributed by atoms with Crippen LogP contribution in [0.15, 0.2) is 36.4 Å². The molecule has 1 saturated heterocycles. The van der Waals surface area contributed by atoms with E-state index in [1.807, 2.05) is 52.0 Å². The van der Waals surface area contributed by atoms with Crippen LogP contribution < -0.4 is 5.46 Å². The highest BCUT2D eigenvalue weighted by Gasteiger charge is 2.52. The van der Waals surface area contributed by atoms with Crippen molar-refractivity contribution in [3.05, 3.63) is 41.4 Å². The third-order valence-corrected chi connectivity index (χ3v) is 5.55. The van der Waals surface area contributed by atoms with Crippen LogP contribution in [0.3, 0.4) is 0 Å². The largest absolute Gasteiger partial charge is 0.496 e. The normalized spacial score (nSPS) is 19.8. The molecule has 0 atom stereocenters. The number of aromatic amines is 1. The monoisotopic (exact) mass is 327 g/mol. The lowest BCUT2D eigenvalue weighted by molar-refractivity contribution is 0.00578. The summed E-state index contributed by atoms with van der Waals surface area (Å²) in [5.41, 5.74) is 2.22. The zero-order valence-corrected chi connectivity index (χ0v) is 14.5. The Balaban J connectivity index is 1.89. The Morgan fingerprint density at radius 3 is 2.26 bits per heavy atom. The zero-order valence-electron chi connectivity index (χ0n) is 13.7. The quantitative estimate of drug-likeness (QED) is 0.677. The number of aromatic nitrogens is 1. The Bertz CT molecular complexity index is 900. The number of halogens is 1. The lowest BCUT2D eigenvalue weighted by atomic mass is 9.78. The molecular formula is C18H19BClNO2. The summed E-state index contributed by atoms with van der Waals surface area (Å²) in [6, 6.07) is 12.2. The third-order valence-electron chi connectivity index (χ3n) is 5.14. The van der Waals surface area contributed by atoms with Crippen LogP contribution in [-0.4, -0.2) is 23.3 Å². The summed E-state index contributed by atoms with van der Waals surface area (Å²) in [4.78, 5) is 3.40. The second-order valence-corrected chi connectivity index (χ2v) is 7.53. The average Bonchev–Trinajstić information content (AvgIpc) is 2.94. The molecule has 1 N–H and O–H groups in total. The Hall–Kier alpha value is -1.49. The molecule has 1 fully saturated rings. The van der Waals surface area contributed by atoms with Gasteiger partial charge in [-0.25, -0.2) is 0 Å². The zero-order chi connectivity index (χ0) is 16.4. The van der Waals surface area contributed by atoms with Gasteiger partial charge in [0.15, 0.2) is 0 Å². The molecule has 2 aromatic carbocycles. The van der Waals surface area contributed by atoms with Gasteiger partial charge in [-0.2, -0.15) is 0 Å². The predicted molar refractivity (Wildman–Crippen MR) is 96.5 cm³/mol. The van der Waals surface area contributed by atoms with E-state index in [2.05, 4.69) is 17.1 Å². The highest BCUT2D eigenvalue weighted by Crippen LogP contribution is 2.38. The van der Waals surface area contributed by atoms with Gasteiger partial charge in [-0.15, -0.1) is 0 Å². The van der Waals surface area contributed by atoms with Crippen LogP contribution in [0, 0.1) is 0 Å². The van der Waals surface area contributed by atoms with Crippen LogP contribution >= 0.6 is 11.6 Å². The van der Waals surface area contributed by atoms with Crippen LogP contribution in [0.5, 0.6) is 0 Å². The van der Waals surface area contributed by atoms with E-state index in [1.165, 1.54) is 0 Å². The van der Waals surface area contributed by atoms with Crippen molar-refractivity contribution in [3.8, 4) is 0 Å². The van der Waals surface area contributed by atoms with Crippen LogP contribution in [0.1, 0.15) is 27.7 Å². The van der Waals surface area contributed by atoms with Gasteiger partial charge in [0.1, 0.15) is 0 Å². The summed E-state index contributed by atoms with van der Waals surface area (Å²) in [7, 11) is -0.453. The number of H-pyrrole nitrogens is 1. The minimum Gasteiger partial charge on any atom is -0.399 e. The number of benzene rings is 2. The molecule has 3 nitrogen and oxygen atoms in total. The molecule has 1 aliphatic rings. The molecule has 3 aromatic rings. The van der Waals surface area contributed by atoms with Gasteiger partial charge in [-0.05, 0) is 39.8 Å². The first-order valence-corrected chi connectivity index (χ1v) is 8.22. The smallest absolute Gasteiger partial charge is 0.399 e. The van der Waals surface area contributed by atoms with Crippen LogP contribution in [0.4, 0.5) is 0 Å². The van der Waals surface area contributed by atoms with Gasteiger partial charge in [0.2, 0.25) is 0 Å². The van der Waals surface area contributed by atoms with E-state index < -0.39 is 7.12 Å². The predicted octanol–water partition coefficient (Wildman–Crippen LogP) is 4.27. The van der Waals surface area contributed by atoms with Crippen LogP contribution in [0.2, 0.25) is 5.02 Å². The standard InChI is InChI=1S/C18H19BClNO2/c1-17(2)18(3,4)23-19(22-17)12-9-10-14-15(16(12)20)11-7-5-6-8-13(11)21-14/h5-10,21H,1-4H3. The Kier molecular flexibility index (Phi) is 3.12. The summed E-state index contributed by atoms with van der Waals surface area (Å²) in [6.07, 6.45) is 0. The van der Waals surface area contributed by atoms with Crippen LogP contribution in [0.25, 0.3) is 21.8 Å². The molecule has 0 saturated carbocycles. The number of hydrogen-bond acceptors (Lipinski definition) is 2. The van der Waals surface area contributed by atoms with Crippen molar-refractivity contribution < 1.29 is 9.31 Å². The number of nitrogens with one attached hydrogen (secondary N) is 1. The Labute approximate surface area is 141 Å². The average molecular weight is 328 g/mol. The molecule has 0 unspecified atom stereocenters.